The summed E-state index contributed by atoms with van der Waals surface area (Å²) >= 11 is 0. The van der Waals surface area contributed by atoms with Crippen molar-refractivity contribution < 1.29 is 9.59 Å². The van der Waals surface area contributed by atoms with E-state index in [0.717, 1.165) is 6.42 Å². The molecule has 1 aliphatic heterocycles. The number of hydrogen-bond acceptors (Lipinski definition) is 4. The first-order valence-corrected chi connectivity index (χ1v) is 6.05. The van der Waals surface area contributed by atoms with Crippen molar-refractivity contribution in [2.24, 2.45) is 23.2 Å². The number of carbonyl (C=O) groups excluding carboxylic acids is 2. The molecule has 1 aromatic heterocycles. The van der Waals surface area contributed by atoms with E-state index in [0.29, 0.717) is 0 Å². The summed E-state index contributed by atoms with van der Waals surface area (Å²) in [6.07, 6.45) is 7.86. The van der Waals surface area contributed by atoms with Gasteiger partial charge >= 0.3 is 0 Å². The molecule has 0 N–H and O–H groups in total. The molecule has 2 aliphatic carbocycles. The molecule has 1 aromatic rings. The van der Waals surface area contributed by atoms with Gasteiger partial charge in [0, 0.05) is 0 Å². The smallest absolute Gasteiger partial charge is 0.256 e. The Morgan fingerprint density at radius 2 is 2.00 bits per heavy atom. The molecule has 1 saturated carbocycles. The van der Waals surface area contributed by atoms with E-state index < -0.39 is 5.41 Å². The SMILES string of the molecule is C[C@]12C(=O)N(n3cnnc3)C(=O)[C@H]1[C@H]1C=C[C@H]2C1. The maximum atomic E-state index is 12.6. The van der Waals surface area contributed by atoms with E-state index in [-0.39, 0.29) is 29.6 Å². The quantitative estimate of drug-likeness (QED) is 0.519. The average molecular weight is 244 g/mol. The van der Waals surface area contributed by atoms with Gasteiger partial charge in [-0.2, -0.15) is 5.01 Å². The Hall–Kier alpha value is -1.98. The highest BCUT2D eigenvalue weighted by Crippen LogP contribution is 2.59. The van der Waals surface area contributed by atoms with Gasteiger partial charge in [0.2, 0.25) is 0 Å². The van der Waals surface area contributed by atoms with Crippen LogP contribution in [-0.2, 0) is 9.59 Å². The second-order valence-electron chi connectivity index (χ2n) is 5.45. The Labute approximate surface area is 103 Å². The van der Waals surface area contributed by atoms with E-state index in [2.05, 4.69) is 22.3 Å². The summed E-state index contributed by atoms with van der Waals surface area (Å²) in [5.41, 5.74) is -0.583. The third kappa shape index (κ3) is 0.878. The first kappa shape index (κ1) is 9.99. The number of fused-ring (bicyclic) bond motifs is 5. The highest BCUT2D eigenvalue weighted by molar-refractivity contribution is 6.19. The number of hydrogen-bond donors (Lipinski definition) is 0. The van der Waals surface area contributed by atoms with E-state index in [1.807, 2.05) is 6.92 Å². The van der Waals surface area contributed by atoms with Gasteiger partial charge < -0.3 is 0 Å². The van der Waals surface area contributed by atoms with Gasteiger partial charge in [0.15, 0.2) is 0 Å². The van der Waals surface area contributed by atoms with Crippen molar-refractivity contribution in [3.63, 3.8) is 0 Å². The second-order valence-corrected chi connectivity index (χ2v) is 5.45. The molecule has 0 aromatic carbocycles. The van der Waals surface area contributed by atoms with E-state index in [1.54, 1.807) is 0 Å². The molecule has 18 heavy (non-hydrogen) atoms. The van der Waals surface area contributed by atoms with Gasteiger partial charge in [0.25, 0.3) is 11.8 Å². The molecule has 4 rings (SSSR count). The van der Waals surface area contributed by atoms with Crippen LogP contribution in [0.1, 0.15) is 13.3 Å². The Bertz CT molecular complexity index is 579. The minimum atomic E-state index is -0.583. The molecule has 4 atom stereocenters. The van der Waals surface area contributed by atoms with Gasteiger partial charge in [0.05, 0.1) is 11.3 Å². The van der Waals surface area contributed by atoms with E-state index in [1.165, 1.54) is 22.3 Å². The maximum Gasteiger partial charge on any atom is 0.256 e. The van der Waals surface area contributed by atoms with Gasteiger partial charge in [-0.15, -0.1) is 10.2 Å². The molecule has 0 radical (unpaired) electrons. The zero-order valence-corrected chi connectivity index (χ0v) is 9.85. The normalized spacial score (nSPS) is 40.9. The topological polar surface area (TPSA) is 68.1 Å². The van der Waals surface area contributed by atoms with Crippen LogP contribution in [-0.4, -0.2) is 26.7 Å². The molecule has 2 amide bonds. The predicted octanol–water partition coefficient (Wildman–Crippen LogP) is 0.111. The lowest BCUT2D eigenvalue weighted by atomic mass is 9.71. The molecule has 2 fully saturated rings. The number of rotatable bonds is 1. The number of amides is 2. The van der Waals surface area contributed by atoms with Crippen LogP contribution in [0.15, 0.2) is 24.8 Å². The number of aromatic nitrogens is 3. The van der Waals surface area contributed by atoms with E-state index in [9.17, 15) is 9.59 Å². The van der Waals surface area contributed by atoms with Crippen molar-refractivity contribution in [3.8, 4) is 0 Å². The van der Waals surface area contributed by atoms with Gasteiger partial charge in [0.1, 0.15) is 12.7 Å². The van der Waals surface area contributed by atoms with Crippen molar-refractivity contribution in [1.82, 2.24) is 14.9 Å². The second kappa shape index (κ2) is 2.88. The minimum absolute atomic E-state index is 0.126. The monoisotopic (exact) mass is 244 g/mol. The molecule has 6 nitrogen and oxygen atoms in total. The number of nitrogens with zero attached hydrogens (tertiary/aromatic N) is 4. The van der Waals surface area contributed by atoms with Crippen molar-refractivity contribution in [1.29, 1.82) is 0 Å². The standard InChI is InChI=1S/C12H12N4O2/c1-12-8-3-2-7(4-8)9(12)10(17)16(11(12)18)15-5-13-14-6-15/h2-3,5-9H,4H2,1H3/t7-,8-,9+,12+/m0/s1. The molecule has 0 spiro atoms. The van der Waals surface area contributed by atoms with Crippen molar-refractivity contribution in [3.05, 3.63) is 24.8 Å². The van der Waals surface area contributed by atoms with E-state index >= 15 is 0 Å². The maximum absolute atomic E-state index is 12.6. The third-order valence-corrected chi connectivity index (χ3v) is 4.73. The Morgan fingerprint density at radius 1 is 1.28 bits per heavy atom. The highest BCUT2D eigenvalue weighted by Gasteiger charge is 2.67. The summed E-state index contributed by atoms with van der Waals surface area (Å²) in [6.45, 7) is 1.91. The lowest BCUT2D eigenvalue weighted by Gasteiger charge is -2.27. The van der Waals surface area contributed by atoms with Crippen LogP contribution in [0.4, 0.5) is 0 Å². The fourth-order valence-corrected chi connectivity index (χ4v) is 3.80. The predicted molar refractivity (Wildman–Crippen MR) is 60.6 cm³/mol. The van der Waals surface area contributed by atoms with Crippen LogP contribution in [0, 0.1) is 23.2 Å². The molecule has 2 bridgehead atoms. The lowest BCUT2D eigenvalue weighted by Crippen LogP contribution is -2.43. The first-order valence-electron chi connectivity index (χ1n) is 6.05. The van der Waals surface area contributed by atoms with Gasteiger partial charge in [-0.05, 0) is 25.2 Å². The van der Waals surface area contributed by atoms with Crippen molar-refractivity contribution in [2.75, 3.05) is 5.01 Å². The highest BCUT2D eigenvalue weighted by atomic mass is 16.2. The molecule has 6 heteroatoms. The van der Waals surface area contributed by atoms with Gasteiger partial charge in [-0.25, -0.2) is 4.68 Å². The van der Waals surface area contributed by atoms with Crippen LogP contribution < -0.4 is 5.01 Å². The summed E-state index contributed by atoms with van der Waals surface area (Å²) in [7, 11) is 0. The Kier molecular flexibility index (Phi) is 1.60. The lowest BCUT2D eigenvalue weighted by molar-refractivity contribution is -0.128. The molecular weight excluding hydrogens is 232 g/mol. The molecule has 3 aliphatic rings. The molecule has 1 saturated heterocycles. The summed E-state index contributed by atoms with van der Waals surface area (Å²) < 4.78 is 1.38. The van der Waals surface area contributed by atoms with Crippen LogP contribution in [0.2, 0.25) is 0 Å². The van der Waals surface area contributed by atoms with Crippen molar-refractivity contribution in [2.45, 2.75) is 13.3 Å². The van der Waals surface area contributed by atoms with E-state index in [4.69, 9.17) is 0 Å². The Balaban J connectivity index is 1.85. The van der Waals surface area contributed by atoms with Crippen LogP contribution >= 0.6 is 0 Å². The first-order chi connectivity index (χ1) is 8.64. The molecule has 2 heterocycles. The van der Waals surface area contributed by atoms with Gasteiger partial charge in [-0.3, -0.25) is 9.59 Å². The number of allylic oxidation sites excluding steroid dienone is 2. The third-order valence-electron chi connectivity index (χ3n) is 4.73. The minimum Gasteiger partial charge on any atom is -0.272 e. The summed E-state index contributed by atoms with van der Waals surface area (Å²) in [5.74, 6) is -0.0842. The van der Waals surface area contributed by atoms with Crippen LogP contribution in [0.5, 0.6) is 0 Å². The number of carbonyl (C=O) groups is 2. The molecular formula is C12H12N4O2. The molecule has 92 valence electrons. The Morgan fingerprint density at radius 3 is 2.67 bits per heavy atom. The summed E-state index contributed by atoms with van der Waals surface area (Å²) in [5, 5.41) is 8.51. The largest absolute Gasteiger partial charge is 0.272 e. The van der Waals surface area contributed by atoms with Gasteiger partial charge in [-0.1, -0.05) is 12.2 Å². The van der Waals surface area contributed by atoms with Crippen LogP contribution in [0.3, 0.4) is 0 Å². The van der Waals surface area contributed by atoms with Crippen molar-refractivity contribution >= 4 is 11.8 Å². The molecule has 0 unspecified atom stereocenters. The average Bonchev–Trinajstić information content (AvgIpc) is 3.04. The fourth-order valence-electron chi connectivity index (χ4n) is 3.80. The summed E-state index contributed by atoms with van der Waals surface area (Å²) in [6, 6.07) is 0. The zero-order chi connectivity index (χ0) is 12.5. The zero-order valence-electron chi connectivity index (χ0n) is 9.85. The fraction of sp³-hybridized carbons (Fsp3) is 0.500. The van der Waals surface area contributed by atoms with Crippen LogP contribution in [0.25, 0.3) is 0 Å². The number of imide groups is 1. The summed E-state index contributed by atoms with van der Waals surface area (Å²) in [4.78, 5) is 25.1.